The molecular weight excluding hydrogens is 386 g/mol. The zero-order valence-corrected chi connectivity index (χ0v) is 15.6. The summed E-state index contributed by atoms with van der Waals surface area (Å²) >= 11 is 0. The topological polar surface area (TPSA) is 38.3 Å². The Balaban J connectivity index is 1.69. The molecule has 1 heterocycles. The van der Waals surface area contributed by atoms with Crippen LogP contribution >= 0.6 is 0 Å². The standard InChI is InChI=1S/C22H21F4NO2/c23-19-6-2-4-17(14-19)21(9-11-29-12-10-21)15-27-20(28)8-7-16-3-1-5-18(13-16)22(24,25)26/h1-8,13-14H,9-12,15H2,(H,27,28). The maximum Gasteiger partial charge on any atom is 0.416 e. The lowest BCUT2D eigenvalue weighted by Crippen LogP contribution is -2.44. The van der Waals surface area contributed by atoms with Gasteiger partial charge in [-0.1, -0.05) is 24.3 Å². The highest BCUT2D eigenvalue weighted by Crippen LogP contribution is 2.34. The minimum Gasteiger partial charge on any atom is -0.381 e. The lowest BCUT2D eigenvalue weighted by atomic mass is 9.74. The molecule has 0 aromatic heterocycles. The molecule has 0 unspecified atom stereocenters. The van der Waals surface area contributed by atoms with Gasteiger partial charge in [-0.3, -0.25) is 4.79 Å². The first-order chi connectivity index (χ1) is 13.8. The van der Waals surface area contributed by atoms with Crippen molar-refractivity contribution in [1.82, 2.24) is 5.32 Å². The van der Waals surface area contributed by atoms with Crippen molar-refractivity contribution in [2.45, 2.75) is 24.4 Å². The minimum absolute atomic E-state index is 0.279. The molecule has 2 aromatic rings. The van der Waals surface area contributed by atoms with Gasteiger partial charge in [-0.2, -0.15) is 13.2 Å². The first-order valence-corrected chi connectivity index (χ1v) is 9.26. The van der Waals surface area contributed by atoms with E-state index in [1.165, 1.54) is 36.4 Å². The highest BCUT2D eigenvalue weighted by atomic mass is 19.4. The van der Waals surface area contributed by atoms with Crippen LogP contribution in [0.25, 0.3) is 6.08 Å². The Labute approximate surface area is 166 Å². The van der Waals surface area contributed by atoms with Crippen LogP contribution in [-0.4, -0.2) is 25.7 Å². The Morgan fingerprint density at radius 1 is 1.10 bits per heavy atom. The van der Waals surface area contributed by atoms with Gasteiger partial charge < -0.3 is 10.1 Å². The first-order valence-electron chi connectivity index (χ1n) is 9.26. The molecule has 0 saturated carbocycles. The summed E-state index contributed by atoms with van der Waals surface area (Å²) in [7, 11) is 0. The van der Waals surface area contributed by atoms with Crippen LogP contribution in [0.5, 0.6) is 0 Å². The van der Waals surface area contributed by atoms with E-state index in [1.54, 1.807) is 6.07 Å². The van der Waals surface area contributed by atoms with Gasteiger partial charge in [-0.25, -0.2) is 4.39 Å². The second kappa shape index (κ2) is 8.78. The van der Waals surface area contributed by atoms with E-state index in [9.17, 15) is 22.4 Å². The molecule has 1 saturated heterocycles. The second-order valence-corrected chi connectivity index (χ2v) is 7.08. The van der Waals surface area contributed by atoms with Gasteiger partial charge in [0.2, 0.25) is 5.91 Å². The lowest BCUT2D eigenvalue weighted by molar-refractivity contribution is -0.137. The van der Waals surface area contributed by atoms with Gasteiger partial charge in [0.05, 0.1) is 5.56 Å². The molecule has 1 N–H and O–H groups in total. The van der Waals surface area contributed by atoms with Gasteiger partial charge in [0, 0.05) is 31.2 Å². The largest absolute Gasteiger partial charge is 0.416 e. The number of nitrogens with one attached hydrogen (secondary N) is 1. The van der Waals surface area contributed by atoms with E-state index < -0.39 is 23.1 Å². The van der Waals surface area contributed by atoms with Crippen LogP contribution in [0.4, 0.5) is 17.6 Å². The van der Waals surface area contributed by atoms with Crippen molar-refractivity contribution in [3.63, 3.8) is 0 Å². The van der Waals surface area contributed by atoms with Crippen LogP contribution in [-0.2, 0) is 21.1 Å². The van der Waals surface area contributed by atoms with Gasteiger partial charge in [0.1, 0.15) is 5.82 Å². The van der Waals surface area contributed by atoms with Crippen molar-refractivity contribution in [1.29, 1.82) is 0 Å². The molecular formula is C22H21F4NO2. The van der Waals surface area contributed by atoms with E-state index in [-0.39, 0.29) is 17.9 Å². The molecule has 2 aromatic carbocycles. The van der Waals surface area contributed by atoms with Gasteiger partial charge in [-0.15, -0.1) is 0 Å². The third kappa shape index (κ3) is 5.44. The Bertz CT molecular complexity index is 886. The smallest absolute Gasteiger partial charge is 0.381 e. The SMILES string of the molecule is O=C(C=Cc1cccc(C(F)(F)F)c1)NCC1(c2cccc(F)c2)CCOCC1. The molecule has 1 fully saturated rings. The number of alkyl halides is 3. The molecule has 1 amide bonds. The maximum atomic E-state index is 13.7. The number of hydrogen-bond acceptors (Lipinski definition) is 2. The summed E-state index contributed by atoms with van der Waals surface area (Å²) in [5.74, 6) is -0.770. The van der Waals surface area contributed by atoms with Gasteiger partial charge in [-0.05, 0) is 54.3 Å². The summed E-state index contributed by atoms with van der Waals surface area (Å²) in [5.41, 5.74) is -0.142. The van der Waals surface area contributed by atoms with Crippen molar-refractivity contribution in [3.05, 3.63) is 77.1 Å². The van der Waals surface area contributed by atoms with Crippen molar-refractivity contribution >= 4 is 12.0 Å². The first kappa shape index (κ1) is 21.0. The number of rotatable bonds is 5. The van der Waals surface area contributed by atoms with E-state index in [0.29, 0.717) is 26.1 Å². The summed E-state index contributed by atoms with van der Waals surface area (Å²) in [4.78, 5) is 12.3. The zero-order valence-electron chi connectivity index (χ0n) is 15.6. The summed E-state index contributed by atoms with van der Waals surface area (Å²) < 4.78 is 57.5. The van der Waals surface area contributed by atoms with E-state index in [1.807, 2.05) is 6.07 Å². The number of amides is 1. The van der Waals surface area contributed by atoms with Crippen LogP contribution in [0.1, 0.15) is 29.5 Å². The average molecular weight is 407 g/mol. The molecule has 3 nitrogen and oxygen atoms in total. The van der Waals surface area contributed by atoms with Crippen molar-refractivity contribution in [2.75, 3.05) is 19.8 Å². The summed E-state index contributed by atoms with van der Waals surface area (Å²) in [6.45, 7) is 1.30. The third-order valence-electron chi connectivity index (χ3n) is 5.13. The number of carbonyl (C=O) groups excluding carboxylic acids is 1. The highest BCUT2D eigenvalue weighted by molar-refractivity contribution is 5.91. The minimum atomic E-state index is -4.44. The van der Waals surface area contributed by atoms with Crippen LogP contribution in [0.3, 0.4) is 0 Å². The predicted molar refractivity (Wildman–Crippen MR) is 102 cm³/mol. The molecule has 1 aliphatic heterocycles. The van der Waals surface area contributed by atoms with Gasteiger partial charge in [0.25, 0.3) is 0 Å². The molecule has 0 spiro atoms. The van der Waals surface area contributed by atoms with Crippen molar-refractivity contribution in [3.8, 4) is 0 Å². The quantitative estimate of drug-likeness (QED) is 0.575. The average Bonchev–Trinajstić information content (AvgIpc) is 2.71. The van der Waals surface area contributed by atoms with E-state index in [2.05, 4.69) is 5.32 Å². The van der Waals surface area contributed by atoms with Crippen molar-refractivity contribution in [2.24, 2.45) is 0 Å². The lowest BCUT2D eigenvalue weighted by Gasteiger charge is -2.37. The number of carbonyl (C=O) groups is 1. The molecule has 0 aliphatic carbocycles. The molecule has 29 heavy (non-hydrogen) atoms. The normalized spacial score (nSPS) is 16.7. The maximum absolute atomic E-state index is 13.7. The Kier molecular flexibility index (Phi) is 6.37. The monoisotopic (exact) mass is 407 g/mol. The van der Waals surface area contributed by atoms with Gasteiger partial charge in [0.15, 0.2) is 0 Å². The fourth-order valence-electron chi connectivity index (χ4n) is 3.45. The third-order valence-corrected chi connectivity index (χ3v) is 5.13. The van der Waals surface area contributed by atoms with Crippen LogP contribution in [0, 0.1) is 5.82 Å². The summed E-state index contributed by atoms with van der Waals surface area (Å²) in [5, 5.41) is 2.80. The fraction of sp³-hybridized carbons (Fsp3) is 0.318. The molecule has 7 heteroatoms. The Morgan fingerprint density at radius 3 is 2.52 bits per heavy atom. The number of ether oxygens (including phenoxy) is 1. The van der Waals surface area contributed by atoms with E-state index >= 15 is 0 Å². The molecule has 3 rings (SSSR count). The van der Waals surface area contributed by atoms with Crippen LogP contribution in [0.2, 0.25) is 0 Å². The fourth-order valence-corrected chi connectivity index (χ4v) is 3.45. The second-order valence-electron chi connectivity index (χ2n) is 7.08. The van der Waals surface area contributed by atoms with Crippen molar-refractivity contribution < 1.29 is 27.1 Å². The molecule has 0 radical (unpaired) electrons. The van der Waals surface area contributed by atoms with Crippen LogP contribution < -0.4 is 5.32 Å². The number of halogens is 4. The highest BCUT2D eigenvalue weighted by Gasteiger charge is 2.35. The zero-order chi connectivity index (χ0) is 20.9. The molecule has 0 atom stereocenters. The van der Waals surface area contributed by atoms with E-state index in [0.717, 1.165) is 17.7 Å². The summed E-state index contributed by atoms with van der Waals surface area (Å²) in [6.07, 6.45) is -0.633. The molecule has 0 bridgehead atoms. The van der Waals surface area contributed by atoms with Gasteiger partial charge >= 0.3 is 6.18 Å². The molecule has 154 valence electrons. The molecule has 1 aliphatic rings. The Hall–Kier alpha value is -2.67. The van der Waals surface area contributed by atoms with Crippen LogP contribution in [0.15, 0.2) is 54.6 Å². The van der Waals surface area contributed by atoms with E-state index in [4.69, 9.17) is 4.74 Å². The number of benzene rings is 2. The summed E-state index contributed by atoms with van der Waals surface area (Å²) in [6, 6.07) is 11.0. The predicted octanol–water partition coefficient (Wildman–Crippen LogP) is 4.72. The Morgan fingerprint density at radius 2 is 1.83 bits per heavy atom. The number of hydrogen-bond donors (Lipinski definition) is 1.